The van der Waals surface area contributed by atoms with Crippen LogP contribution in [0.2, 0.25) is 0 Å². The maximum atomic E-state index is 5.45. The van der Waals surface area contributed by atoms with Crippen LogP contribution in [0.15, 0.2) is 47.4 Å². The second kappa shape index (κ2) is 6.71. The Labute approximate surface area is 139 Å². The van der Waals surface area contributed by atoms with E-state index < -0.39 is 0 Å². The second-order valence-corrected chi connectivity index (χ2v) is 5.60. The SMILES string of the molecule is COc1cc(-c2cscc2-c2cccnc2)cc(OC)c1OC. The first-order valence-electron chi connectivity index (χ1n) is 7.05. The van der Waals surface area contributed by atoms with E-state index in [2.05, 4.69) is 21.8 Å². The number of aromatic nitrogens is 1. The Hall–Kier alpha value is -2.53. The van der Waals surface area contributed by atoms with Gasteiger partial charge in [-0.3, -0.25) is 4.98 Å². The minimum Gasteiger partial charge on any atom is -0.493 e. The first-order valence-corrected chi connectivity index (χ1v) is 7.99. The molecule has 1 aromatic carbocycles. The molecule has 0 N–H and O–H groups in total. The summed E-state index contributed by atoms with van der Waals surface area (Å²) in [5.74, 6) is 1.88. The van der Waals surface area contributed by atoms with Crippen LogP contribution in [0.5, 0.6) is 17.2 Å². The highest BCUT2D eigenvalue weighted by Crippen LogP contribution is 2.44. The van der Waals surface area contributed by atoms with E-state index in [4.69, 9.17) is 14.2 Å². The monoisotopic (exact) mass is 327 g/mol. The molecule has 23 heavy (non-hydrogen) atoms. The lowest BCUT2D eigenvalue weighted by atomic mass is 9.99. The number of thiophene rings is 1. The third-order valence-corrected chi connectivity index (χ3v) is 4.35. The van der Waals surface area contributed by atoms with Crippen LogP contribution in [0.4, 0.5) is 0 Å². The normalized spacial score (nSPS) is 10.4. The van der Waals surface area contributed by atoms with Crippen LogP contribution in [-0.2, 0) is 0 Å². The molecule has 3 rings (SSSR count). The van der Waals surface area contributed by atoms with Crippen LogP contribution in [-0.4, -0.2) is 26.3 Å². The molecule has 0 aliphatic heterocycles. The van der Waals surface area contributed by atoms with Gasteiger partial charge in [-0.25, -0.2) is 0 Å². The Morgan fingerprint density at radius 2 is 1.52 bits per heavy atom. The van der Waals surface area contributed by atoms with Crippen molar-refractivity contribution >= 4 is 11.3 Å². The number of pyridine rings is 1. The van der Waals surface area contributed by atoms with E-state index in [1.807, 2.05) is 24.4 Å². The summed E-state index contributed by atoms with van der Waals surface area (Å²) in [7, 11) is 4.85. The van der Waals surface area contributed by atoms with Crippen LogP contribution in [0, 0.1) is 0 Å². The predicted octanol–water partition coefficient (Wildman–Crippen LogP) is 4.50. The fourth-order valence-electron chi connectivity index (χ4n) is 2.50. The Morgan fingerprint density at radius 1 is 0.870 bits per heavy atom. The molecule has 4 nitrogen and oxygen atoms in total. The first kappa shape index (κ1) is 15.4. The molecule has 0 saturated heterocycles. The van der Waals surface area contributed by atoms with E-state index in [-0.39, 0.29) is 0 Å². The van der Waals surface area contributed by atoms with Gasteiger partial charge in [-0.1, -0.05) is 6.07 Å². The number of hydrogen-bond donors (Lipinski definition) is 0. The van der Waals surface area contributed by atoms with Crippen molar-refractivity contribution in [3.8, 4) is 39.5 Å². The van der Waals surface area contributed by atoms with Gasteiger partial charge < -0.3 is 14.2 Å². The smallest absolute Gasteiger partial charge is 0.203 e. The van der Waals surface area contributed by atoms with Crippen molar-refractivity contribution in [2.45, 2.75) is 0 Å². The van der Waals surface area contributed by atoms with Gasteiger partial charge >= 0.3 is 0 Å². The molecule has 2 heterocycles. The van der Waals surface area contributed by atoms with Crippen LogP contribution in [0.25, 0.3) is 22.3 Å². The molecule has 0 fully saturated rings. The van der Waals surface area contributed by atoms with Crippen molar-refractivity contribution in [1.29, 1.82) is 0 Å². The molecular formula is C18H17NO3S. The van der Waals surface area contributed by atoms with Gasteiger partial charge in [0.05, 0.1) is 21.3 Å². The first-order chi connectivity index (χ1) is 11.3. The lowest BCUT2D eigenvalue weighted by molar-refractivity contribution is 0.324. The third kappa shape index (κ3) is 2.87. The summed E-state index contributed by atoms with van der Waals surface area (Å²) in [4.78, 5) is 4.21. The summed E-state index contributed by atoms with van der Waals surface area (Å²) in [5, 5.41) is 4.23. The van der Waals surface area contributed by atoms with Gasteiger partial charge in [-0.05, 0) is 34.5 Å². The summed E-state index contributed by atoms with van der Waals surface area (Å²) in [6.45, 7) is 0. The van der Waals surface area contributed by atoms with E-state index in [1.165, 1.54) is 0 Å². The lowest BCUT2D eigenvalue weighted by Crippen LogP contribution is -1.95. The average molecular weight is 327 g/mol. The molecule has 0 aliphatic rings. The van der Waals surface area contributed by atoms with E-state index in [9.17, 15) is 0 Å². The van der Waals surface area contributed by atoms with Crippen molar-refractivity contribution in [2.75, 3.05) is 21.3 Å². The zero-order chi connectivity index (χ0) is 16.2. The highest BCUT2D eigenvalue weighted by molar-refractivity contribution is 7.08. The fraction of sp³-hybridized carbons (Fsp3) is 0.167. The van der Waals surface area contributed by atoms with Gasteiger partial charge in [-0.2, -0.15) is 11.3 Å². The minimum absolute atomic E-state index is 0.594. The Kier molecular flexibility index (Phi) is 4.48. The zero-order valence-corrected chi connectivity index (χ0v) is 14.0. The number of nitrogens with zero attached hydrogens (tertiary/aromatic N) is 1. The van der Waals surface area contributed by atoms with Crippen molar-refractivity contribution in [3.05, 3.63) is 47.4 Å². The van der Waals surface area contributed by atoms with Crippen molar-refractivity contribution < 1.29 is 14.2 Å². The van der Waals surface area contributed by atoms with Gasteiger partial charge in [0.2, 0.25) is 5.75 Å². The molecule has 0 amide bonds. The summed E-state index contributed by atoms with van der Waals surface area (Å²) < 4.78 is 16.3. The minimum atomic E-state index is 0.594. The highest BCUT2D eigenvalue weighted by atomic mass is 32.1. The van der Waals surface area contributed by atoms with E-state index in [0.717, 1.165) is 22.3 Å². The molecular weight excluding hydrogens is 310 g/mol. The zero-order valence-electron chi connectivity index (χ0n) is 13.2. The number of rotatable bonds is 5. The Morgan fingerprint density at radius 3 is 2.04 bits per heavy atom. The number of ether oxygens (including phenoxy) is 3. The molecule has 0 spiro atoms. The molecule has 3 aromatic rings. The molecule has 0 unspecified atom stereocenters. The van der Waals surface area contributed by atoms with E-state index >= 15 is 0 Å². The maximum absolute atomic E-state index is 5.45. The molecule has 0 atom stereocenters. The van der Waals surface area contributed by atoms with E-state index in [1.54, 1.807) is 38.9 Å². The maximum Gasteiger partial charge on any atom is 0.203 e. The van der Waals surface area contributed by atoms with Crippen LogP contribution < -0.4 is 14.2 Å². The molecule has 0 aliphatic carbocycles. The summed E-state index contributed by atoms with van der Waals surface area (Å²) in [6.07, 6.45) is 3.64. The summed E-state index contributed by atoms with van der Waals surface area (Å²) >= 11 is 1.65. The summed E-state index contributed by atoms with van der Waals surface area (Å²) in [6, 6.07) is 7.91. The van der Waals surface area contributed by atoms with Crippen molar-refractivity contribution in [3.63, 3.8) is 0 Å². The number of methoxy groups -OCH3 is 3. The second-order valence-electron chi connectivity index (χ2n) is 4.85. The van der Waals surface area contributed by atoms with Crippen molar-refractivity contribution in [2.24, 2.45) is 0 Å². The van der Waals surface area contributed by atoms with Crippen LogP contribution >= 0.6 is 11.3 Å². The molecule has 0 bridgehead atoms. The van der Waals surface area contributed by atoms with Gasteiger partial charge in [0.15, 0.2) is 11.5 Å². The van der Waals surface area contributed by atoms with Crippen LogP contribution in [0.3, 0.4) is 0 Å². The Balaban J connectivity index is 2.15. The average Bonchev–Trinajstić information content (AvgIpc) is 3.10. The van der Waals surface area contributed by atoms with Crippen molar-refractivity contribution in [1.82, 2.24) is 4.98 Å². The van der Waals surface area contributed by atoms with Gasteiger partial charge in [0.25, 0.3) is 0 Å². The highest BCUT2D eigenvalue weighted by Gasteiger charge is 2.16. The molecule has 118 valence electrons. The van der Waals surface area contributed by atoms with Gasteiger partial charge in [0, 0.05) is 29.1 Å². The quantitative estimate of drug-likeness (QED) is 0.691. The molecule has 5 heteroatoms. The lowest BCUT2D eigenvalue weighted by Gasteiger charge is -2.14. The molecule has 2 aromatic heterocycles. The topological polar surface area (TPSA) is 40.6 Å². The Bertz CT molecular complexity index is 774. The third-order valence-electron chi connectivity index (χ3n) is 3.61. The van der Waals surface area contributed by atoms with Crippen LogP contribution in [0.1, 0.15) is 0 Å². The van der Waals surface area contributed by atoms with Gasteiger partial charge in [0.1, 0.15) is 0 Å². The standard InChI is InChI=1S/C18H17NO3S/c1-20-16-7-13(8-17(21-2)18(16)22-3)15-11-23-10-14(15)12-5-4-6-19-9-12/h4-11H,1-3H3. The number of hydrogen-bond acceptors (Lipinski definition) is 5. The fourth-order valence-corrected chi connectivity index (χ4v) is 3.37. The molecule has 0 radical (unpaired) electrons. The molecule has 0 saturated carbocycles. The predicted molar refractivity (Wildman–Crippen MR) is 92.6 cm³/mol. The van der Waals surface area contributed by atoms with Gasteiger partial charge in [-0.15, -0.1) is 0 Å². The van der Waals surface area contributed by atoms with E-state index in [0.29, 0.717) is 17.2 Å². The largest absolute Gasteiger partial charge is 0.493 e. The number of benzene rings is 1. The summed E-state index contributed by atoms with van der Waals surface area (Å²) in [5.41, 5.74) is 4.34.